The van der Waals surface area contributed by atoms with Gasteiger partial charge in [-0.25, -0.2) is 0 Å². The molecule has 0 atom stereocenters. The number of nitrogens with zero attached hydrogens (tertiary/aromatic N) is 5. The molecule has 1 saturated carbocycles. The van der Waals surface area contributed by atoms with E-state index in [1.807, 2.05) is 4.90 Å². The number of hydrogen-bond donors (Lipinski definition) is 1. The van der Waals surface area contributed by atoms with Gasteiger partial charge in [0.25, 0.3) is 5.91 Å². The Kier molecular flexibility index (Phi) is 4.08. The van der Waals surface area contributed by atoms with Gasteiger partial charge in [-0.3, -0.25) is 9.89 Å². The Labute approximate surface area is 141 Å². The molecule has 0 spiro atoms. The van der Waals surface area contributed by atoms with Crippen molar-refractivity contribution in [3.8, 4) is 0 Å². The van der Waals surface area contributed by atoms with Crippen LogP contribution in [0.3, 0.4) is 0 Å². The minimum absolute atomic E-state index is 0.0663. The van der Waals surface area contributed by atoms with Crippen molar-refractivity contribution >= 4 is 5.91 Å². The molecule has 7 heteroatoms. The normalized spacial score (nSPS) is 18.6. The molecule has 0 radical (unpaired) electrons. The molecule has 2 aromatic heterocycles. The maximum absolute atomic E-state index is 13.0. The number of carbonyl (C=O) groups is 1. The molecule has 4 rings (SSSR count). The van der Waals surface area contributed by atoms with E-state index in [0.717, 1.165) is 48.7 Å². The number of aromatic amines is 1. The minimum atomic E-state index is 0.0663. The summed E-state index contributed by atoms with van der Waals surface area (Å²) >= 11 is 0. The molecule has 1 aliphatic heterocycles. The van der Waals surface area contributed by atoms with Crippen LogP contribution in [0.4, 0.5) is 0 Å². The molecule has 128 valence electrons. The van der Waals surface area contributed by atoms with E-state index in [-0.39, 0.29) is 5.91 Å². The summed E-state index contributed by atoms with van der Waals surface area (Å²) in [5, 5.41) is 15.7. The predicted molar refractivity (Wildman–Crippen MR) is 88.6 cm³/mol. The third kappa shape index (κ3) is 2.61. The summed E-state index contributed by atoms with van der Waals surface area (Å²) < 4.78 is 2.14. The van der Waals surface area contributed by atoms with E-state index >= 15 is 0 Å². The topological polar surface area (TPSA) is 79.7 Å². The van der Waals surface area contributed by atoms with Crippen molar-refractivity contribution in [2.75, 3.05) is 6.54 Å². The van der Waals surface area contributed by atoms with Gasteiger partial charge in [0.2, 0.25) is 0 Å². The lowest BCUT2D eigenvalue weighted by atomic mass is 9.85. The van der Waals surface area contributed by atoms with Gasteiger partial charge in [0, 0.05) is 25.4 Å². The molecule has 1 amide bonds. The zero-order valence-electron chi connectivity index (χ0n) is 14.2. The number of rotatable bonds is 3. The number of H-pyrrole nitrogens is 1. The number of amides is 1. The highest BCUT2D eigenvalue weighted by molar-refractivity contribution is 5.95. The van der Waals surface area contributed by atoms with Gasteiger partial charge in [-0.1, -0.05) is 26.2 Å². The van der Waals surface area contributed by atoms with Gasteiger partial charge in [-0.15, -0.1) is 10.2 Å². The Bertz CT molecular complexity index is 727. The summed E-state index contributed by atoms with van der Waals surface area (Å²) in [6.45, 7) is 4.08. The average Bonchev–Trinajstić information content (AvgIpc) is 3.28. The first-order valence-electron chi connectivity index (χ1n) is 9.01. The summed E-state index contributed by atoms with van der Waals surface area (Å²) in [6.07, 6.45) is 8.65. The number of carbonyl (C=O) groups excluding carboxylic acids is 1. The van der Waals surface area contributed by atoms with Crippen molar-refractivity contribution in [1.82, 2.24) is 29.9 Å². The van der Waals surface area contributed by atoms with Gasteiger partial charge in [0.15, 0.2) is 5.82 Å². The van der Waals surface area contributed by atoms with Crippen molar-refractivity contribution in [1.29, 1.82) is 0 Å². The van der Waals surface area contributed by atoms with Crippen LogP contribution in [-0.4, -0.2) is 42.3 Å². The minimum Gasteiger partial charge on any atom is -0.329 e. The SMILES string of the molecule is CCc1nnc2n1CCN(C(=O)c1cn[nH]c1C1CCCCC1)C2. The molecule has 0 aromatic carbocycles. The molecule has 1 fully saturated rings. The number of aromatic nitrogens is 5. The smallest absolute Gasteiger partial charge is 0.257 e. The molecular formula is C17H24N6O. The van der Waals surface area contributed by atoms with E-state index in [4.69, 9.17) is 0 Å². The Morgan fingerprint density at radius 2 is 2.08 bits per heavy atom. The van der Waals surface area contributed by atoms with E-state index in [0.29, 0.717) is 19.0 Å². The van der Waals surface area contributed by atoms with Crippen molar-refractivity contribution < 1.29 is 4.79 Å². The second-order valence-electron chi connectivity index (χ2n) is 6.80. The quantitative estimate of drug-likeness (QED) is 0.937. The largest absolute Gasteiger partial charge is 0.329 e. The fourth-order valence-electron chi connectivity index (χ4n) is 3.99. The highest BCUT2D eigenvalue weighted by Gasteiger charge is 2.29. The molecule has 2 aliphatic rings. The van der Waals surface area contributed by atoms with Crippen molar-refractivity contribution in [2.45, 2.75) is 64.5 Å². The molecule has 0 saturated heterocycles. The first-order chi connectivity index (χ1) is 11.8. The van der Waals surface area contributed by atoms with Gasteiger partial charge in [-0.2, -0.15) is 5.10 Å². The molecule has 2 aromatic rings. The van der Waals surface area contributed by atoms with Crippen LogP contribution in [0.5, 0.6) is 0 Å². The second-order valence-corrected chi connectivity index (χ2v) is 6.80. The van der Waals surface area contributed by atoms with Crippen molar-refractivity contribution in [3.05, 3.63) is 29.1 Å². The van der Waals surface area contributed by atoms with E-state index < -0.39 is 0 Å². The fraction of sp³-hybridized carbons (Fsp3) is 0.647. The summed E-state index contributed by atoms with van der Waals surface area (Å²) in [5.74, 6) is 2.40. The van der Waals surface area contributed by atoms with Crippen LogP contribution < -0.4 is 0 Å². The van der Waals surface area contributed by atoms with Crippen LogP contribution in [0, 0.1) is 0 Å². The standard InChI is InChI=1S/C17H24N6O/c1-2-14-19-20-15-11-22(8-9-23(14)15)17(24)13-10-18-21-16(13)12-6-4-3-5-7-12/h10,12H,2-9,11H2,1H3,(H,18,21). The van der Waals surface area contributed by atoms with Crippen LogP contribution in [0.25, 0.3) is 0 Å². The van der Waals surface area contributed by atoms with Gasteiger partial charge >= 0.3 is 0 Å². The zero-order chi connectivity index (χ0) is 16.5. The van der Waals surface area contributed by atoms with Gasteiger partial charge < -0.3 is 9.47 Å². The molecule has 0 bridgehead atoms. The monoisotopic (exact) mass is 328 g/mol. The molecule has 7 nitrogen and oxygen atoms in total. The third-order valence-corrected chi connectivity index (χ3v) is 5.35. The molecule has 0 unspecified atom stereocenters. The maximum Gasteiger partial charge on any atom is 0.257 e. The Morgan fingerprint density at radius 1 is 1.25 bits per heavy atom. The summed E-state index contributed by atoms with van der Waals surface area (Å²) in [6, 6.07) is 0. The van der Waals surface area contributed by atoms with E-state index in [9.17, 15) is 4.79 Å². The number of aryl methyl sites for hydroxylation is 1. The van der Waals surface area contributed by atoms with E-state index in [2.05, 4.69) is 31.9 Å². The lowest BCUT2D eigenvalue weighted by Gasteiger charge is -2.28. The van der Waals surface area contributed by atoms with Crippen molar-refractivity contribution in [2.24, 2.45) is 0 Å². The second kappa shape index (κ2) is 6.37. The molecule has 3 heterocycles. The molecule has 1 aliphatic carbocycles. The zero-order valence-corrected chi connectivity index (χ0v) is 14.2. The van der Waals surface area contributed by atoms with Crippen LogP contribution in [-0.2, 0) is 19.5 Å². The van der Waals surface area contributed by atoms with Gasteiger partial charge in [-0.05, 0) is 12.8 Å². The van der Waals surface area contributed by atoms with Crippen molar-refractivity contribution in [3.63, 3.8) is 0 Å². The fourth-order valence-corrected chi connectivity index (χ4v) is 3.99. The van der Waals surface area contributed by atoms with E-state index in [1.54, 1.807) is 6.20 Å². The van der Waals surface area contributed by atoms with Gasteiger partial charge in [0.1, 0.15) is 5.82 Å². The van der Waals surface area contributed by atoms with Crippen LogP contribution >= 0.6 is 0 Å². The first-order valence-corrected chi connectivity index (χ1v) is 9.01. The average molecular weight is 328 g/mol. The molecular weight excluding hydrogens is 304 g/mol. The third-order valence-electron chi connectivity index (χ3n) is 5.35. The highest BCUT2D eigenvalue weighted by atomic mass is 16.2. The lowest BCUT2D eigenvalue weighted by Crippen LogP contribution is -2.39. The highest BCUT2D eigenvalue weighted by Crippen LogP contribution is 2.33. The number of fused-ring (bicyclic) bond motifs is 1. The van der Waals surface area contributed by atoms with Gasteiger partial charge in [0.05, 0.1) is 24.0 Å². The van der Waals surface area contributed by atoms with Crippen LogP contribution in [0.15, 0.2) is 6.20 Å². The molecule has 1 N–H and O–H groups in total. The lowest BCUT2D eigenvalue weighted by molar-refractivity contribution is 0.0704. The Balaban J connectivity index is 1.54. The summed E-state index contributed by atoms with van der Waals surface area (Å²) in [7, 11) is 0. The Morgan fingerprint density at radius 3 is 2.88 bits per heavy atom. The van der Waals surface area contributed by atoms with Crippen LogP contribution in [0.2, 0.25) is 0 Å². The number of nitrogens with one attached hydrogen (secondary N) is 1. The van der Waals surface area contributed by atoms with E-state index in [1.165, 1.54) is 19.3 Å². The Hall–Kier alpha value is -2.18. The number of hydrogen-bond acceptors (Lipinski definition) is 4. The maximum atomic E-state index is 13.0. The summed E-state index contributed by atoms with van der Waals surface area (Å²) in [4.78, 5) is 14.9. The molecule has 24 heavy (non-hydrogen) atoms. The first kappa shape index (κ1) is 15.4. The predicted octanol–water partition coefficient (Wildman–Crippen LogP) is 2.27. The summed E-state index contributed by atoms with van der Waals surface area (Å²) in [5.41, 5.74) is 1.77. The van der Waals surface area contributed by atoms with Crippen LogP contribution in [0.1, 0.15) is 72.6 Å².